The van der Waals surface area contributed by atoms with Crippen LogP contribution in [-0.2, 0) is 9.84 Å². The van der Waals surface area contributed by atoms with E-state index in [1.54, 1.807) is 4.90 Å². The lowest BCUT2D eigenvalue weighted by atomic mass is 9.93. The second-order valence-corrected chi connectivity index (χ2v) is 8.14. The smallest absolute Gasteiger partial charge is 0.294 e. The van der Waals surface area contributed by atoms with Crippen LogP contribution in [0, 0.1) is 0 Å². The third kappa shape index (κ3) is 3.53. The number of carbonyl (C=O) groups is 1. The third-order valence-electron chi connectivity index (χ3n) is 4.35. The standard InChI is InChI=1S/C18H21NO4S/c1-24(21,22)17-13-12-16(23-17)18(20)19(14-8-4-2-5-9-14)15-10-6-3-7-11-15/h2,4-5,8-9,12-13,15H,3,6-7,10-11H2,1H3. The number of anilines is 1. The second-order valence-electron chi connectivity index (χ2n) is 6.19. The lowest BCUT2D eigenvalue weighted by Gasteiger charge is -2.33. The van der Waals surface area contributed by atoms with Crippen molar-refractivity contribution in [3.8, 4) is 0 Å². The summed E-state index contributed by atoms with van der Waals surface area (Å²) in [5.74, 6) is -0.229. The Hall–Kier alpha value is -2.08. The van der Waals surface area contributed by atoms with Crippen molar-refractivity contribution in [2.24, 2.45) is 0 Å². The molecule has 1 aromatic heterocycles. The Balaban J connectivity index is 1.95. The van der Waals surface area contributed by atoms with E-state index >= 15 is 0 Å². The van der Waals surface area contributed by atoms with Crippen LogP contribution in [0.5, 0.6) is 0 Å². The molecule has 1 amide bonds. The van der Waals surface area contributed by atoms with Gasteiger partial charge in [-0.05, 0) is 37.1 Å². The number of nitrogens with zero attached hydrogens (tertiary/aromatic N) is 1. The van der Waals surface area contributed by atoms with E-state index in [-0.39, 0.29) is 22.8 Å². The van der Waals surface area contributed by atoms with Crippen molar-refractivity contribution in [3.05, 3.63) is 48.2 Å². The summed E-state index contributed by atoms with van der Waals surface area (Å²) in [4.78, 5) is 14.8. The molecule has 0 radical (unpaired) electrons. The van der Waals surface area contributed by atoms with Gasteiger partial charge in [0.25, 0.3) is 5.91 Å². The number of amides is 1. The Morgan fingerprint density at radius 2 is 1.71 bits per heavy atom. The van der Waals surface area contributed by atoms with Gasteiger partial charge in [-0.3, -0.25) is 4.79 Å². The zero-order chi connectivity index (χ0) is 17.2. The number of hydrogen-bond donors (Lipinski definition) is 0. The van der Waals surface area contributed by atoms with E-state index in [0.717, 1.165) is 37.6 Å². The van der Waals surface area contributed by atoms with Crippen LogP contribution in [0.4, 0.5) is 5.69 Å². The van der Waals surface area contributed by atoms with Crippen molar-refractivity contribution in [1.29, 1.82) is 0 Å². The maximum absolute atomic E-state index is 13.0. The van der Waals surface area contributed by atoms with Crippen molar-refractivity contribution in [2.45, 2.75) is 43.2 Å². The molecule has 2 aromatic rings. The van der Waals surface area contributed by atoms with Gasteiger partial charge in [0.05, 0.1) is 0 Å². The van der Waals surface area contributed by atoms with Gasteiger partial charge in [0.2, 0.25) is 14.9 Å². The molecule has 24 heavy (non-hydrogen) atoms. The summed E-state index contributed by atoms with van der Waals surface area (Å²) in [6.07, 6.45) is 6.32. The first-order valence-corrected chi connectivity index (χ1v) is 10.0. The molecule has 0 atom stereocenters. The van der Waals surface area contributed by atoms with Crippen molar-refractivity contribution >= 4 is 21.4 Å². The predicted octanol–water partition coefficient (Wildman–Crippen LogP) is 3.66. The average Bonchev–Trinajstić information content (AvgIpc) is 3.07. The molecule has 1 aromatic carbocycles. The fraction of sp³-hybridized carbons (Fsp3) is 0.389. The van der Waals surface area contributed by atoms with Crippen molar-refractivity contribution in [2.75, 3.05) is 11.2 Å². The van der Waals surface area contributed by atoms with Crippen LogP contribution in [0.25, 0.3) is 0 Å². The van der Waals surface area contributed by atoms with Crippen LogP contribution >= 0.6 is 0 Å². The highest BCUT2D eigenvalue weighted by Crippen LogP contribution is 2.29. The highest BCUT2D eigenvalue weighted by molar-refractivity contribution is 7.90. The van der Waals surface area contributed by atoms with E-state index in [9.17, 15) is 13.2 Å². The highest BCUT2D eigenvalue weighted by atomic mass is 32.2. The first kappa shape index (κ1) is 16.8. The molecule has 0 bridgehead atoms. The van der Waals surface area contributed by atoms with Crippen LogP contribution in [-0.4, -0.2) is 26.6 Å². The Morgan fingerprint density at radius 3 is 2.29 bits per heavy atom. The van der Waals surface area contributed by atoms with Gasteiger partial charge in [0.1, 0.15) is 0 Å². The van der Waals surface area contributed by atoms with Gasteiger partial charge in [-0.25, -0.2) is 8.42 Å². The third-order valence-corrected chi connectivity index (χ3v) is 5.30. The highest BCUT2D eigenvalue weighted by Gasteiger charge is 2.30. The monoisotopic (exact) mass is 347 g/mol. The molecule has 1 fully saturated rings. The van der Waals surface area contributed by atoms with Crippen LogP contribution in [0.15, 0.2) is 52.0 Å². The number of sulfone groups is 1. The Kier molecular flexibility index (Phi) is 4.76. The van der Waals surface area contributed by atoms with Crippen molar-refractivity contribution in [1.82, 2.24) is 0 Å². The molecule has 128 valence electrons. The maximum Gasteiger partial charge on any atom is 0.294 e. The molecule has 0 spiro atoms. The fourth-order valence-electron chi connectivity index (χ4n) is 3.17. The quantitative estimate of drug-likeness (QED) is 0.846. The molecule has 1 aliphatic rings. The topological polar surface area (TPSA) is 67.6 Å². The largest absolute Gasteiger partial charge is 0.440 e. The number of benzene rings is 1. The zero-order valence-corrected chi connectivity index (χ0v) is 14.5. The van der Waals surface area contributed by atoms with E-state index in [0.29, 0.717) is 0 Å². The minimum absolute atomic E-state index is 0.0600. The van der Waals surface area contributed by atoms with Gasteiger partial charge in [-0.2, -0.15) is 0 Å². The van der Waals surface area contributed by atoms with Crippen LogP contribution in [0.2, 0.25) is 0 Å². The van der Waals surface area contributed by atoms with E-state index in [1.807, 2.05) is 30.3 Å². The SMILES string of the molecule is CS(=O)(=O)c1ccc(C(=O)N(c2ccccc2)C2CCCCC2)o1. The molecule has 0 unspecified atom stereocenters. The summed E-state index contributed by atoms with van der Waals surface area (Å²) in [6.45, 7) is 0. The molecule has 1 heterocycles. The average molecular weight is 347 g/mol. The van der Waals surface area contributed by atoms with Crippen molar-refractivity contribution in [3.63, 3.8) is 0 Å². The summed E-state index contributed by atoms with van der Waals surface area (Å²) < 4.78 is 28.5. The summed E-state index contributed by atoms with van der Waals surface area (Å²) in [6, 6.07) is 12.4. The Labute approximate surface area is 142 Å². The molecule has 5 nitrogen and oxygen atoms in total. The van der Waals surface area contributed by atoms with Gasteiger partial charge in [0.15, 0.2) is 5.76 Å². The Morgan fingerprint density at radius 1 is 1.04 bits per heavy atom. The molecule has 1 saturated carbocycles. The van der Waals surface area contributed by atoms with Crippen molar-refractivity contribution < 1.29 is 17.6 Å². The number of furan rings is 1. The number of rotatable bonds is 4. The van der Waals surface area contributed by atoms with Gasteiger partial charge >= 0.3 is 0 Å². The maximum atomic E-state index is 13.0. The number of carbonyl (C=O) groups excluding carboxylic acids is 1. The lowest BCUT2D eigenvalue weighted by Crippen LogP contribution is -2.41. The summed E-state index contributed by atoms with van der Waals surface area (Å²) >= 11 is 0. The van der Waals surface area contributed by atoms with Gasteiger partial charge in [-0.15, -0.1) is 0 Å². The number of para-hydroxylation sites is 1. The van der Waals surface area contributed by atoms with Gasteiger partial charge < -0.3 is 9.32 Å². The molecule has 0 saturated heterocycles. The first-order valence-electron chi connectivity index (χ1n) is 8.15. The zero-order valence-electron chi connectivity index (χ0n) is 13.6. The van der Waals surface area contributed by atoms with E-state index in [4.69, 9.17) is 4.42 Å². The molecule has 6 heteroatoms. The lowest BCUT2D eigenvalue weighted by molar-refractivity contribution is 0.0938. The normalized spacial score (nSPS) is 16.0. The first-order chi connectivity index (χ1) is 11.5. The molecular weight excluding hydrogens is 326 g/mol. The van der Waals surface area contributed by atoms with Gasteiger partial charge in [-0.1, -0.05) is 37.5 Å². The predicted molar refractivity (Wildman–Crippen MR) is 91.9 cm³/mol. The molecule has 0 N–H and O–H groups in total. The van der Waals surface area contributed by atoms with E-state index < -0.39 is 9.84 Å². The molecule has 3 rings (SSSR count). The van der Waals surface area contributed by atoms with Gasteiger partial charge in [0, 0.05) is 18.0 Å². The summed E-state index contributed by atoms with van der Waals surface area (Å²) in [5, 5.41) is -0.178. The Bertz CT molecular complexity index is 805. The van der Waals surface area contributed by atoms with E-state index in [2.05, 4.69) is 0 Å². The van der Waals surface area contributed by atoms with E-state index in [1.165, 1.54) is 18.6 Å². The minimum Gasteiger partial charge on any atom is -0.440 e. The molecule has 1 aliphatic carbocycles. The minimum atomic E-state index is -3.47. The molecular formula is C18H21NO4S. The number of hydrogen-bond acceptors (Lipinski definition) is 4. The molecule has 0 aliphatic heterocycles. The van der Waals surface area contributed by atoms with Crippen LogP contribution < -0.4 is 4.90 Å². The fourth-order valence-corrected chi connectivity index (χ4v) is 3.73. The summed E-state index contributed by atoms with van der Waals surface area (Å²) in [5.41, 5.74) is 0.812. The second kappa shape index (κ2) is 6.81. The summed E-state index contributed by atoms with van der Waals surface area (Å²) in [7, 11) is -3.47. The van der Waals surface area contributed by atoms with Crippen LogP contribution in [0.3, 0.4) is 0 Å². The van der Waals surface area contributed by atoms with Crippen LogP contribution in [0.1, 0.15) is 42.7 Å².